The molecule has 5 heterocycles. The summed E-state index contributed by atoms with van der Waals surface area (Å²) in [6, 6.07) is 7.69. The predicted molar refractivity (Wildman–Crippen MR) is 183 cm³/mol. The fourth-order valence-corrected chi connectivity index (χ4v) is 8.61. The SMILES string of the molecule is C[C@H]1NC(=O)CC/C=C\CN(CCN2CCOCC2)C(=O)[C@@H]2N(CCCCCO)C(=O)[C@H]3[C@H](C(=O)O[C@@H]1c1ccccc1)[C@H]1O[C@@]23C=C1Br. The molecule has 13 heteroatoms. The van der Waals surface area contributed by atoms with Crippen LogP contribution >= 0.6 is 15.9 Å². The molecule has 3 amide bonds. The molecule has 6 rings (SSSR count). The molecule has 1 aromatic carbocycles. The quantitative estimate of drug-likeness (QED) is 0.222. The number of benzene rings is 1. The summed E-state index contributed by atoms with van der Waals surface area (Å²) >= 11 is 3.63. The molecule has 3 saturated heterocycles. The lowest BCUT2D eigenvalue weighted by Gasteiger charge is -2.37. The van der Waals surface area contributed by atoms with Gasteiger partial charge < -0.3 is 34.4 Å². The number of unbranched alkanes of at least 4 members (excludes halogenated alkanes) is 2. The van der Waals surface area contributed by atoms with E-state index >= 15 is 0 Å². The van der Waals surface area contributed by atoms with Gasteiger partial charge in [0, 0.05) is 56.8 Å². The first-order chi connectivity index (χ1) is 23.7. The van der Waals surface area contributed by atoms with Gasteiger partial charge >= 0.3 is 5.97 Å². The standard InChI is InChI=1S/C36H47BrN4O8/c1-24-30(25-11-5-2-6-12-25)48-35(46)28-29-33(44)41(15-9-4-10-20-42)32(36(29)23-26(37)31(28)49-36)34(45)40(14-8-3-7-13-27(43)38-24)17-16-39-18-21-47-22-19-39/h2-3,5-6,8,11-12,23-24,28-32,42H,4,7,9-10,13-22H2,1H3,(H,38,43)/b8-3-/t24-,28+,29-,30+,31+,32+,36-/m1/s1. The van der Waals surface area contributed by atoms with Crippen LogP contribution in [0.5, 0.6) is 0 Å². The van der Waals surface area contributed by atoms with Crippen LogP contribution < -0.4 is 5.32 Å². The zero-order valence-electron chi connectivity index (χ0n) is 28.0. The second kappa shape index (κ2) is 15.8. The van der Waals surface area contributed by atoms with Crippen LogP contribution in [0.15, 0.2) is 53.0 Å². The van der Waals surface area contributed by atoms with Crippen molar-refractivity contribution in [1.82, 2.24) is 20.0 Å². The molecule has 1 aromatic rings. The lowest BCUT2D eigenvalue weighted by Crippen LogP contribution is -2.57. The highest BCUT2D eigenvalue weighted by atomic mass is 79.9. The number of rotatable bonds is 9. The van der Waals surface area contributed by atoms with Crippen molar-refractivity contribution in [2.24, 2.45) is 11.8 Å². The van der Waals surface area contributed by atoms with E-state index in [1.165, 1.54) is 0 Å². The van der Waals surface area contributed by atoms with E-state index in [-0.39, 0.29) is 37.3 Å². The van der Waals surface area contributed by atoms with Crippen LogP contribution in [0.3, 0.4) is 0 Å². The van der Waals surface area contributed by atoms with Crippen LogP contribution in [0.1, 0.15) is 50.7 Å². The second-order valence-electron chi connectivity index (χ2n) is 13.5. The molecule has 0 saturated carbocycles. The van der Waals surface area contributed by atoms with Crippen molar-refractivity contribution < 1.29 is 38.5 Å². The Balaban J connectivity index is 1.38. The number of halogens is 1. The number of ether oxygens (including phenoxy) is 3. The van der Waals surface area contributed by atoms with Crippen molar-refractivity contribution in [3.63, 3.8) is 0 Å². The number of amides is 3. The molecule has 7 atom stereocenters. The third kappa shape index (κ3) is 7.37. The van der Waals surface area contributed by atoms with Crippen molar-refractivity contribution in [3.8, 4) is 0 Å². The van der Waals surface area contributed by atoms with Crippen LogP contribution in [-0.2, 0) is 33.4 Å². The number of hydrogen-bond acceptors (Lipinski definition) is 9. The number of morpholine rings is 1. The van der Waals surface area contributed by atoms with Gasteiger partial charge in [-0.05, 0) is 44.2 Å². The summed E-state index contributed by atoms with van der Waals surface area (Å²) in [6.07, 6.45) is 6.57. The lowest BCUT2D eigenvalue weighted by atomic mass is 9.74. The summed E-state index contributed by atoms with van der Waals surface area (Å²) in [5.74, 6) is -3.33. The highest BCUT2D eigenvalue weighted by molar-refractivity contribution is 9.11. The predicted octanol–water partition coefficient (Wildman–Crippen LogP) is 2.32. The van der Waals surface area contributed by atoms with Gasteiger partial charge in [-0.2, -0.15) is 0 Å². The van der Waals surface area contributed by atoms with E-state index in [0.717, 1.165) is 13.1 Å². The van der Waals surface area contributed by atoms with Crippen molar-refractivity contribution in [3.05, 3.63) is 58.6 Å². The van der Waals surface area contributed by atoms with Gasteiger partial charge in [0.25, 0.3) is 0 Å². The number of nitrogens with one attached hydrogen (secondary N) is 1. The molecule has 1 spiro atoms. The van der Waals surface area contributed by atoms with Crippen LogP contribution in [0, 0.1) is 11.8 Å². The molecule has 5 aliphatic rings. The first-order valence-corrected chi connectivity index (χ1v) is 18.3. The van der Waals surface area contributed by atoms with Gasteiger partial charge in [0.1, 0.15) is 29.8 Å². The average molecular weight is 744 g/mol. The molecule has 266 valence electrons. The average Bonchev–Trinajstić information content (AvgIpc) is 3.69. The number of aliphatic hydroxyl groups is 1. The number of nitrogens with zero attached hydrogens (tertiary/aromatic N) is 3. The maximum Gasteiger partial charge on any atom is 0.313 e. The Morgan fingerprint density at radius 1 is 0.959 bits per heavy atom. The molecular weight excluding hydrogens is 696 g/mol. The van der Waals surface area contributed by atoms with Gasteiger partial charge in [-0.1, -0.05) is 58.4 Å². The summed E-state index contributed by atoms with van der Waals surface area (Å²) < 4.78 is 19.0. The van der Waals surface area contributed by atoms with Gasteiger partial charge in [0.2, 0.25) is 17.7 Å². The summed E-state index contributed by atoms with van der Waals surface area (Å²) in [5.41, 5.74) is -0.656. The van der Waals surface area contributed by atoms with Gasteiger partial charge in [-0.15, -0.1) is 0 Å². The first kappa shape index (κ1) is 35.7. The fourth-order valence-electron chi connectivity index (χ4n) is 7.87. The molecule has 2 N–H and O–H groups in total. The number of carbonyl (C=O) groups is 4. The normalized spacial score (nSPS) is 33.3. The highest BCUT2D eigenvalue weighted by Crippen LogP contribution is 2.59. The molecule has 5 aliphatic heterocycles. The van der Waals surface area contributed by atoms with Gasteiger partial charge in [-0.25, -0.2) is 0 Å². The van der Waals surface area contributed by atoms with E-state index in [2.05, 4.69) is 26.1 Å². The van der Waals surface area contributed by atoms with Crippen molar-refractivity contribution in [1.29, 1.82) is 0 Å². The summed E-state index contributed by atoms with van der Waals surface area (Å²) in [4.78, 5) is 62.4. The zero-order valence-corrected chi connectivity index (χ0v) is 29.6. The highest BCUT2D eigenvalue weighted by Gasteiger charge is 2.74. The minimum absolute atomic E-state index is 0.0420. The summed E-state index contributed by atoms with van der Waals surface area (Å²) in [5, 5.41) is 12.4. The Morgan fingerprint density at radius 2 is 1.73 bits per heavy atom. The van der Waals surface area contributed by atoms with E-state index < -0.39 is 47.7 Å². The van der Waals surface area contributed by atoms with Crippen LogP contribution in [0.25, 0.3) is 0 Å². The molecule has 3 fully saturated rings. The minimum atomic E-state index is -1.37. The number of esters is 1. The maximum atomic E-state index is 14.9. The largest absolute Gasteiger partial charge is 0.455 e. The van der Waals surface area contributed by atoms with E-state index in [1.54, 1.807) is 16.7 Å². The van der Waals surface area contributed by atoms with E-state index in [0.29, 0.717) is 68.6 Å². The fraction of sp³-hybridized carbons (Fsp3) is 0.611. The second-order valence-corrected chi connectivity index (χ2v) is 14.4. The minimum Gasteiger partial charge on any atom is -0.455 e. The number of likely N-dealkylation sites (tertiary alicyclic amines) is 1. The maximum absolute atomic E-state index is 14.9. The Morgan fingerprint density at radius 3 is 2.49 bits per heavy atom. The molecule has 0 aromatic heterocycles. The zero-order chi connectivity index (χ0) is 34.5. The van der Waals surface area contributed by atoms with Gasteiger partial charge in [0.15, 0.2) is 0 Å². The molecule has 0 radical (unpaired) electrons. The summed E-state index contributed by atoms with van der Waals surface area (Å²) in [6.45, 7) is 6.29. The number of hydrogen-bond donors (Lipinski definition) is 2. The molecule has 5 bridgehead atoms. The van der Waals surface area contributed by atoms with Crippen molar-refractivity contribution in [2.45, 2.75) is 68.9 Å². The monoisotopic (exact) mass is 742 g/mol. The lowest BCUT2D eigenvalue weighted by molar-refractivity contribution is -0.161. The number of aliphatic hydroxyl groups excluding tert-OH is 1. The topological polar surface area (TPSA) is 138 Å². The Labute approximate surface area is 295 Å². The van der Waals surface area contributed by atoms with Crippen LogP contribution in [-0.4, -0.2) is 126 Å². The van der Waals surface area contributed by atoms with Crippen LogP contribution in [0.2, 0.25) is 0 Å². The number of fused-ring (bicyclic) bond motifs is 2. The molecular formula is C36H47BrN4O8. The van der Waals surface area contributed by atoms with Crippen molar-refractivity contribution in [2.75, 3.05) is 59.1 Å². The van der Waals surface area contributed by atoms with E-state index in [9.17, 15) is 24.3 Å². The Hall–Kier alpha value is -3.10. The molecule has 0 unspecified atom stereocenters. The number of allylic oxidation sites excluding steroid dienone is 1. The van der Waals surface area contributed by atoms with E-state index in [1.807, 2.05) is 48.6 Å². The Bertz CT molecular complexity index is 1430. The van der Waals surface area contributed by atoms with Gasteiger partial charge in [-0.3, -0.25) is 24.1 Å². The molecule has 49 heavy (non-hydrogen) atoms. The number of cyclic esters (lactones) is 1. The van der Waals surface area contributed by atoms with Crippen LogP contribution in [0.4, 0.5) is 0 Å². The first-order valence-electron chi connectivity index (χ1n) is 17.5. The molecule has 0 aliphatic carbocycles. The third-order valence-corrected chi connectivity index (χ3v) is 11.0. The van der Waals surface area contributed by atoms with Gasteiger partial charge in [0.05, 0.1) is 25.2 Å². The van der Waals surface area contributed by atoms with Crippen molar-refractivity contribution >= 4 is 39.6 Å². The summed E-state index contributed by atoms with van der Waals surface area (Å²) in [7, 11) is 0. The molecule has 12 nitrogen and oxygen atoms in total. The smallest absolute Gasteiger partial charge is 0.313 e. The van der Waals surface area contributed by atoms with E-state index in [4.69, 9.17) is 14.2 Å². The number of carbonyl (C=O) groups excluding carboxylic acids is 4. The Kier molecular flexibility index (Phi) is 11.5. The third-order valence-electron chi connectivity index (χ3n) is 10.3.